The van der Waals surface area contributed by atoms with Crippen molar-refractivity contribution in [2.75, 3.05) is 12.3 Å². The van der Waals surface area contributed by atoms with Gasteiger partial charge in [0, 0.05) is 40.6 Å². The Labute approximate surface area is 138 Å². The van der Waals surface area contributed by atoms with Crippen LogP contribution in [0.4, 0.5) is 5.69 Å². The third-order valence-corrected chi connectivity index (χ3v) is 4.30. The van der Waals surface area contributed by atoms with Gasteiger partial charge in [-0.15, -0.1) is 0 Å². The molecule has 0 spiro atoms. The Morgan fingerprint density at radius 2 is 1.71 bits per heavy atom. The number of amides is 2. The van der Waals surface area contributed by atoms with Crippen molar-refractivity contribution in [3.8, 4) is 0 Å². The fraction of sp³-hybridized carbons (Fsp3) is 0.278. The van der Waals surface area contributed by atoms with Crippen molar-refractivity contribution in [3.63, 3.8) is 0 Å². The lowest BCUT2D eigenvalue weighted by Crippen LogP contribution is -2.40. The lowest BCUT2D eigenvalue weighted by atomic mass is 9.93. The zero-order chi connectivity index (χ0) is 17.3. The summed E-state index contributed by atoms with van der Waals surface area (Å²) in [6.45, 7) is 0.289. The molecule has 3 rings (SSSR count). The minimum atomic E-state index is -0.835. The Morgan fingerprint density at radius 3 is 2.42 bits per heavy atom. The van der Waals surface area contributed by atoms with Crippen molar-refractivity contribution in [1.82, 2.24) is 4.90 Å². The predicted octanol–water partition coefficient (Wildman–Crippen LogP) is 2.66. The van der Waals surface area contributed by atoms with Gasteiger partial charge < -0.3 is 10.8 Å². The first-order valence-corrected chi connectivity index (χ1v) is 7.90. The van der Waals surface area contributed by atoms with Crippen molar-refractivity contribution in [3.05, 3.63) is 41.5 Å². The van der Waals surface area contributed by atoms with Crippen LogP contribution in [0.1, 0.15) is 46.4 Å². The second-order valence-corrected chi connectivity index (χ2v) is 5.90. The second kappa shape index (κ2) is 6.31. The van der Waals surface area contributed by atoms with Crippen LogP contribution < -0.4 is 5.73 Å². The van der Waals surface area contributed by atoms with Gasteiger partial charge in [0.25, 0.3) is 11.8 Å². The highest BCUT2D eigenvalue weighted by Crippen LogP contribution is 2.33. The number of hydrogen-bond donors (Lipinski definition) is 2. The summed E-state index contributed by atoms with van der Waals surface area (Å²) in [6.07, 6.45) is 1.88. The summed E-state index contributed by atoms with van der Waals surface area (Å²) in [6, 6.07) is 8.61. The Bertz CT molecular complexity index is 822. The van der Waals surface area contributed by atoms with Gasteiger partial charge in [-0.25, -0.2) is 0 Å². The SMILES string of the molecule is Nc1ccc2c3c(cccc13)C(=O)N(CCCCCC(=O)O)C2=O. The van der Waals surface area contributed by atoms with Crippen LogP contribution in [0.3, 0.4) is 0 Å². The maximum absolute atomic E-state index is 12.7. The van der Waals surface area contributed by atoms with Gasteiger partial charge in [0.05, 0.1) is 0 Å². The largest absolute Gasteiger partial charge is 0.481 e. The van der Waals surface area contributed by atoms with E-state index in [-0.39, 0.29) is 24.8 Å². The molecule has 0 saturated carbocycles. The number of unbranched alkanes of at least 4 members (excludes halogenated alkanes) is 2. The molecule has 6 nitrogen and oxygen atoms in total. The number of aliphatic carboxylic acids is 1. The summed E-state index contributed by atoms with van der Waals surface area (Å²) in [5.74, 6) is -1.47. The number of nitrogen functional groups attached to an aromatic ring is 1. The van der Waals surface area contributed by atoms with Crippen LogP contribution in [0.2, 0.25) is 0 Å². The number of benzene rings is 2. The van der Waals surface area contributed by atoms with E-state index in [9.17, 15) is 14.4 Å². The molecule has 3 N–H and O–H groups in total. The average Bonchev–Trinajstić information content (AvgIpc) is 2.56. The summed E-state index contributed by atoms with van der Waals surface area (Å²) in [4.78, 5) is 37.1. The molecule has 1 heterocycles. The van der Waals surface area contributed by atoms with E-state index in [2.05, 4.69) is 0 Å². The second-order valence-electron chi connectivity index (χ2n) is 5.90. The maximum atomic E-state index is 12.7. The van der Waals surface area contributed by atoms with Crippen molar-refractivity contribution in [1.29, 1.82) is 0 Å². The van der Waals surface area contributed by atoms with Gasteiger partial charge in [0.1, 0.15) is 0 Å². The van der Waals surface area contributed by atoms with Crippen molar-refractivity contribution in [2.24, 2.45) is 0 Å². The van der Waals surface area contributed by atoms with Crippen LogP contribution in [-0.4, -0.2) is 34.3 Å². The standard InChI is InChI=1S/C18H18N2O4/c19-14-9-8-13-16-11(14)5-4-6-12(16)17(23)20(18(13)24)10-3-1-2-7-15(21)22/h4-6,8-9H,1-3,7,10,19H2,(H,21,22). The van der Waals surface area contributed by atoms with Crippen molar-refractivity contribution in [2.45, 2.75) is 25.7 Å². The van der Waals surface area contributed by atoms with Gasteiger partial charge in [0.2, 0.25) is 0 Å². The van der Waals surface area contributed by atoms with Crippen LogP contribution in [0.25, 0.3) is 10.8 Å². The number of hydrogen-bond acceptors (Lipinski definition) is 4. The van der Waals surface area contributed by atoms with E-state index in [1.165, 1.54) is 4.90 Å². The third kappa shape index (κ3) is 2.71. The lowest BCUT2D eigenvalue weighted by Gasteiger charge is -2.27. The number of imide groups is 1. The Kier molecular flexibility index (Phi) is 4.20. The first kappa shape index (κ1) is 16.0. The molecule has 0 bridgehead atoms. The summed E-state index contributed by atoms with van der Waals surface area (Å²) in [5.41, 5.74) is 7.46. The number of carbonyl (C=O) groups excluding carboxylic acids is 2. The Morgan fingerprint density at radius 1 is 1.00 bits per heavy atom. The molecule has 1 aliphatic heterocycles. The predicted molar refractivity (Wildman–Crippen MR) is 89.8 cm³/mol. The third-order valence-electron chi connectivity index (χ3n) is 4.30. The number of carboxylic acid groups (broad SMARTS) is 1. The Balaban J connectivity index is 1.83. The summed E-state index contributed by atoms with van der Waals surface area (Å²) in [5, 5.41) is 9.97. The Hall–Kier alpha value is -2.89. The smallest absolute Gasteiger partial charge is 0.303 e. The van der Waals surface area contributed by atoms with E-state index >= 15 is 0 Å². The minimum Gasteiger partial charge on any atom is -0.481 e. The molecule has 0 aliphatic carbocycles. The summed E-state index contributed by atoms with van der Waals surface area (Å²) >= 11 is 0. The normalized spacial score (nSPS) is 13.6. The van der Waals surface area contributed by atoms with E-state index in [1.807, 2.05) is 0 Å². The molecule has 24 heavy (non-hydrogen) atoms. The molecule has 0 saturated heterocycles. The maximum Gasteiger partial charge on any atom is 0.303 e. The first-order valence-electron chi connectivity index (χ1n) is 7.90. The average molecular weight is 326 g/mol. The van der Waals surface area contributed by atoms with Gasteiger partial charge in [-0.1, -0.05) is 18.6 Å². The summed E-state index contributed by atoms with van der Waals surface area (Å²) in [7, 11) is 0. The molecule has 0 unspecified atom stereocenters. The molecule has 2 aromatic carbocycles. The van der Waals surface area contributed by atoms with Crippen molar-refractivity contribution >= 4 is 34.2 Å². The van der Waals surface area contributed by atoms with Crippen LogP contribution in [0, 0.1) is 0 Å². The van der Waals surface area contributed by atoms with Gasteiger partial charge in [-0.2, -0.15) is 0 Å². The topological polar surface area (TPSA) is 101 Å². The van der Waals surface area contributed by atoms with E-state index in [0.717, 1.165) is 0 Å². The van der Waals surface area contributed by atoms with Crippen LogP contribution in [0.5, 0.6) is 0 Å². The fourth-order valence-corrected chi connectivity index (χ4v) is 3.09. The monoisotopic (exact) mass is 326 g/mol. The highest BCUT2D eigenvalue weighted by atomic mass is 16.4. The molecule has 1 aliphatic rings. The number of carbonyl (C=O) groups is 3. The quantitative estimate of drug-likeness (QED) is 0.483. The van der Waals surface area contributed by atoms with Crippen molar-refractivity contribution < 1.29 is 19.5 Å². The molecular weight excluding hydrogens is 308 g/mol. The van der Waals surface area contributed by atoms with Crippen LogP contribution in [0.15, 0.2) is 30.3 Å². The number of rotatable bonds is 6. The first-order chi connectivity index (χ1) is 11.5. The van der Waals surface area contributed by atoms with E-state index < -0.39 is 5.97 Å². The fourth-order valence-electron chi connectivity index (χ4n) is 3.09. The van der Waals surface area contributed by atoms with Gasteiger partial charge in [-0.3, -0.25) is 19.3 Å². The van der Waals surface area contributed by atoms with E-state index in [0.29, 0.717) is 46.8 Å². The van der Waals surface area contributed by atoms with E-state index in [4.69, 9.17) is 10.8 Å². The minimum absolute atomic E-state index is 0.101. The summed E-state index contributed by atoms with van der Waals surface area (Å²) < 4.78 is 0. The molecule has 0 aromatic heterocycles. The molecule has 0 radical (unpaired) electrons. The highest BCUT2D eigenvalue weighted by molar-refractivity contribution is 6.26. The number of anilines is 1. The number of nitrogens with two attached hydrogens (primary N) is 1. The van der Waals surface area contributed by atoms with Crippen LogP contribution in [-0.2, 0) is 4.79 Å². The molecule has 2 aromatic rings. The highest BCUT2D eigenvalue weighted by Gasteiger charge is 2.32. The molecule has 2 amide bonds. The number of carboxylic acids is 1. The molecular formula is C18H18N2O4. The van der Waals surface area contributed by atoms with Gasteiger partial charge in [0.15, 0.2) is 0 Å². The molecule has 6 heteroatoms. The molecule has 0 fully saturated rings. The zero-order valence-corrected chi connectivity index (χ0v) is 13.1. The number of nitrogens with zero attached hydrogens (tertiary/aromatic N) is 1. The van der Waals surface area contributed by atoms with Gasteiger partial charge >= 0.3 is 5.97 Å². The zero-order valence-electron chi connectivity index (χ0n) is 13.1. The van der Waals surface area contributed by atoms with E-state index in [1.54, 1.807) is 30.3 Å². The molecule has 124 valence electrons. The lowest BCUT2D eigenvalue weighted by molar-refractivity contribution is -0.137. The van der Waals surface area contributed by atoms with Gasteiger partial charge in [-0.05, 0) is 31.0 Å². The van der Waals surface area contributed by atoms with Crippen LogP contribution >= 0.6 is 0 Å². The molecule has 0 atom stereocenters.